The van der Waals surface area contributed by atoms with E-state index >= 15 is 0 Å². The van der Waals surface area contributed by atoms with Crippen LogP contribution in [0, 0.1) is 0 Å². The molecule has 1 amide bonds. The molecule has 3 aromatic rings. The molecular formula is C30H33N3O2. The summed E-state index contributed by atoms with van der Waals surface area (Å²) in [5.74, 6) is -0.753. The number of nitrogens with zero attached hydrogens (tertiary/aromatic N) is 3. The van der Waals surface area contributed by atoms with Gasteiger partial charge in [0, 0.05) is 32.7 Å². The summed E-state index contributed by atoms with van der Waals surface area (Å²) in [6, 6.07) is 29.2. The van der Waals surface area contributed by atoms with Gasteiger partial charge in [-0.2, -0.15) is 0 Å². The van der Waals surface area contributed by atoms with Crippen molar-refractivity contribution in [2.75, 3.05) is 44.2 Å². The molecule has 0 unspecified atom stereocenters. The minimum Gasteiger partial charge on any atom is -0.305 e. The van der Waals surface area contributed by atoms with Crippen LogP contribution in [0.3, 0.4) is 0 Å². The highest BCUT2D eigenvalue weighted by Crippen LogP contribution is 2.30. The van der Waals surface area contributed by atoms with Gasteiger partial charge in [-0.15, -0.1) is 0 Å². The highest BCUT2D eigenvalue weighted by Gasteiger charge is 2.34. The molecule has 2 aliphatic heterocycles. The molecule has 2 aliphatic rings. The summed E-state index contributed by atoms with van der Waals surface area (Å²) >= 11 is 0. The van der Waals surface area contributed by atoms with Crippen LogP contribution in [0.2, 0.25) is 0 Å². The molecule has 5 nitrogen and oxygen atoms in total. The first-order valence-electron chi connectivity index (χ1n) is 12.7. The molecule has 0 radical (unpaired) electrons. The molecule has 0 bridgehead atoms. The van der Waals surface area contributed by atoms with E-state index in [0.717, 1.165) is 57.7 Å². The Morgan fingerprint density at radius 3 is 1.86 bits per heavy atom. The number of hydrogen-bond donors (Lipinski definition) is 0. The number of ketones is 1. The van der Waals surface area contributed by atoms with E-state index in [9.17, 15) is 9.59 Å². The Balaban J connectivity index is 1.09. The minimum absolute atomic E-state index is 0.295. The molecule has 3 aromatic carbocycles. The summed E-state index contributed by atoms with van der Waals surface area (Å²) in [5.41, 5.74) is 4.01. The van der Waals surface area contributed by atoms with E-state index in [-0.39, 0.29) is 11.7 Å². The van der Waals surface area contributed by atoms with Gasteiger partial charge in [-0.3, -0.25) is 14.5 Å². The Morgan fingerprint density at radius 1 is 0.629 bits per heavy atom. The fraction of sp³-hybridized carbons (Fsp3) is 0.333. The highest BCUT2D eigenvalue weighted by molar-refractivity contribution is 6.52. The van der Waals surface area contributed by atoms with Gasteiger partial charge in [0.05, 0.1) is 17.3 Å². The number of Topliss-reactive ketones (excluding diaryl/α,β-unsaturated/α-hetero) is 1. The van der Waals surface area contributed by atoms with Crippen LogP contribution in [0.15, 0.2) is 84.9 Å². The lowest BCUT2D eigenvalue weighted by Crippen LogP contribution is -2.48. The first kappa shape index (κ1) is 23.5. The van der Waals surface area contributed by atoms with E-state index in [1.54, 1.807) is 11.0 Å². The van der Waals surface area contributed by atoms with Gasteiger partial charge in [0.25, 0.3) is 11.7 Å². The number of fused-ring (bicyclic) bond motifs is 1. The average molecular weight is 468 g/mol. The molecule has 180 valence electrons. The number of unbranched alkanes of at least 4 members (excludes halogenated alkanes) is 2. The molecule has 0 aromatic heterocycles. The Labute approximate surface area is 208 Å². The van der Waals surface area contributed by atoms with E-state index < -0.39 is 0 Å². The van der Waals surface area contributed by atoms with Crippen molar-refractivity contribution in [3.05, 3.63) is 102 Å². The maximum atomic E-state index is 12.3. The summed E-state index contributed by atoms with van der Waals surface area (Å²) in [7, 11) is 0. The number of benzene rings is 3. The number of carbonyl (C=O) groups is 2. The molecule has 0 saturated carbocycles. The number of hydrogen-bond acceptors (Lipinski definition) is 4. The van der Waals surface area contributed by atoms with Crippen LogP contribution in [0.4, 0.5) is 5.69 Å². The number of carbonyl (C=O) groups excluding carboxylic acids is 2. The molecule has 1 fully saturated rings. The third-order valence-corrected chi connectivity index (χ3v) is 7.24. The Morgan fingerprint density at radius 2 is 1.20 bits per heavy atom. The van der Waals surface area contributed by atoms with Crippen LogP contribution in [0.1, 0.15) is 46.8 Å². The molecule has 0 spiro atoms. The molecular weight excluding hydrogens is 434 g/mol. The number of amides is 1. The predicted molar refractivity (Wildman–Crippen MR) is 140 cm³/mol. The van der Waals surface area contributed by atoms with Crippen molar-refractivity contribution in [2.45, 2.75) is 25.3 Å². The zero-order valence-electron chi connectivity index (χ0n) is 20.2. The average Bonchev–Trinajstić information content (AvgIpc) is 3.16. The Bertz CT molecular complexity index is 1100. The summed E-state index contributed by atoms with van der Waals surface area (Å²) in [4.78, 5) is 31.3. The zero-order valence-corrected chi connectivity index (χ0v) is 20.2. The maximum Gasteiger partial charge on any atom is 0.299 e. The van der Waals surface area contributed by atoms with Crippen molar-refractivity contribution < 1.29 is 9.59 Å². The first-order valence-corrected chi connectivity index (χ1v) is 12.7. The smallest absolute Gasteiger partial charge is 0.299 e. The van der Waals surface area contributed by atoms with Crippen molar-refractivity contribution in [2.24, 2.45) is 0 Å². The van der Waals surface area contributed by atoms with Crippen molar-refractivity contribution in [1.29, 1.82) is 0 Å². The Kier molecular flexibility index (Phi) is 7.36. The SMILES string of the molecule is O=C1C(=O)N(CCCCCN2CCN(C(c3ccccc3)c3ccccc3)CC2)c2ccccc21. The van der Waals surface area contributed by atoms with Gasteiger partial charge in [0.2, 0.25) is 0 Å². The van der Waals surface area contributed by atoms with Crippen molar-refractivity contribution in [3.63, 3.8) is 0 Å². The van der Waals surface area contributed by atoms with E-state index in [1.807, 2.05) is 18.2 Å². The van der Waals surface area contributed by atoms with Gasteiger partial charge in [0.15, 0.2) is 0 Å². The largest absolute Gasteiger partial charge is 0.305 e. The van der Waals surface area contributed by atoms with Gasteiger partial charge in [-0.1, -0.05) is 79.2 Å². The summed E-state index contributed by atoms with van der Waals surface area (Å²) in [5, 5.41) is 0. The van der Waals surface area contributed by atoms with Crippen molar-refractivity contribution in [3.8, 4) is 0 Å². The van der Waals surface area contributed by atoms with Crippen LogP contribution in [-0.2, 0) is 4.79 Å². The maximum absolute atomic E-state index is 12.3. The van der Waals surface area contributed by atoms with Gasteiger partial charge >= 0.3 is 0 Å². The third-order valence-electron chi connectivity index (χ3n) is 7.24. The standard InChI is InChI=1S/C30H33N3O2/c34-29-26-16-8-9-17-27(26)33(30(29)35)19-11-3-10-18-31-20-22-32(23-21-31)28(24-12-4-1-5-13-24)25-14-6-2-7-15-25/h1-2,4-9,12-17,28H,3,10-11,18-23H2. The second-order valence-corrected chi connectivity index (χ2v) is 9.47. The normalized spacial score (nSPS) is 16.8. The third kappa shape index (κ3) is 5.21. The second-order valence-electron chi connectivity index (χ2n) is 9.47. The van der Waals surface area contributed by atoms with Crippen LogP contribution in [-0.4, -0.2) is 60.8 Å². The van der Waals surface area contributed by atoms with Gasteiger partial charge in [-0.05, 0) is 42.6 Å². The van der Waals surface area contributed by atoms with Crippen molar-refractivity contribution in [1.82, 2.24) is 9.80 Å². The number of rotatable bonds is 9. The molecule has 1 saturated heterocycles. The predicted octanol–water partition coefficient (Wildman–Crippen LogP) is 4.79. The number of piperazine rings is 1. The highest BCUT2D eigenvalue weighted by atomic mass is 16.2. The molecule has 2 heterocycles. The molecule has 5 heteroatoms. The van der Waals surface area contributed by atoms with Crippen LogP contribution < -0.4 is 4.90 Å². The van der Waals surface area contributed by atoms with E-state index in [0.29, 0.717) is 18.2 Å². The van der Waals surface area contributed by atoms with Crippen LogP contribution >= 0.6 is 0 Å². The monoisotopic (exact) mass is 467 g/mol. The fourth-order valence-corrected chi connectivity index (χ4v) is 5.38. The van der Waals surface area contributed by atoms with Crippen LogP contribution in [0.5, 0.6) is 0 Å². The first-order chi connectivity index (χ1) is 17.2. The lowest BCUT2D eigenvalue weighted by atomic mass is 9.96. The van der Waals surface area contributed by atoms with Gasteiger partial charge < -0.3 is 9.80 Å². The number of para-hydroxylation sites is 1. The summed E-state index contributed by atoms with van der Waals surface area (Å²) in [6.07, 6.45) is 3.08. The van der Waals surface area contributed by atoms with E-state index in [4.69, 9.17) is 0 Å². The fourth-order valence-electron chi connectivity index (χ4n) is 5.38. The van der Waals surface area contributed by atoms with E-state index in [1.165, 1.54) is 11.1 Å². The van der Waals surface area contributed by atoms with Gasteiger partial charge in [0.1, 0.15) is 0 Å². The summed E-state index contributed by atoms with van der Waals surface area (Å²) in [6.45, 7) is 5.94. The lowest BCUT2D eigenvalue weighted by Gasteiger charge is -2.40. The minimum atomic E-state index is -0.381. The van der Waals surface area contributed by atoms with Crippen LogP contribution in [0.25, 0.3) is 0 Å². The summed E-state index contributed by atoms with van der Waals surface area (Å²) < 4.78 is 0. The lowest BCUT2D eigenvalue weighted by molar-refractivity contribution is -0.114. The quantitative estimate of drug-likeness (QED) is 0.335. The number of anilines is 1. The topological polar surface area (TPSA) is 43.9 Å². The zero-order chi connectivity index (χ0) is 24.0. The molecule has 35 heavy (non-hydrogen) atoms. The molecule has 0 atom stereocenters. The van der Waals surface area contributed by atoms with Gasteiger partial charge in [-0.25, -0.2) is 0 Å². The molecule has 0 N–H and O–H groups in total. The molecule has 5 rings (SSSR count). The van der Waals surface area contributed by atoms with Crippen molar-refractivity contribution >= 4 is 17.4 Å². The molecule has 0 aliphatic carbocycles. The second kappa shape index (κ2) is 11.0. The van der Waals surface area contributed by atoms with E-state index in [2.05, 4.69) is 70.5 Å². The Hall–Kier alpha value is -3.28.